The summed E-state index contributed by atoms with van der Waals surface area (Å²) in [5.74, 6) is 2.02. The third kappa shape index (κ3) is 2.13. The maximum atomic E-state index is 4.29. The van der Waals surface area contributed by atoms with E-state index in [1.54, 1.807) is 0 Å². The van der Waals surface area contributed by atoms with Crippen molar-refractivity contribution < 1.29 is 0 Å². The van der Waals surface area contributed by atoms with Crippen LogP contribution in [-0.2, 0) is 13.5 Å². The van der Waals surface area contributed by atoms with Crippen molar-refractivity contribution in [3.05, 3.63) is 17.5 Å². The summed E-state index contributed by atoms with van der Waals surface area (Å²) >= 11 is 0. The zero-order valence-corrected chi connectivity index (χ0v) is 10.9. The van der Waals surface area contributed by atoms with Crippen LogP contribution < -0.4 is 5.32 Å². The molecule has 0 radical (unpaired) electrons. The molecule has 1 aromatic rings. The molecule has 2 fully saturated rings. The van der Waals surface area contributed by atoms with Gasteiger partial charge in [-0.3, -0.25) is 4.68 Å². The van der Waals surface area contributed by atoms with Gasteiger partial charge in [0.1, 0.15) is 0 Å². The molecule has 2 aliphatic rings. The van der Waals surface area contributed by atoms with Gasteiger partial charge in [0.05, 0.1) is 6.20 Å². The van der Waals surface area contributed by atoms with Crippen molar-refractivity contribution in [3.63, 3.8) is 0 Å². The van der Waals surface area contributed by atoms with Gasteiger partial charge in [0.25, 0.3) is 0 Å². The molecule has 0 aromatic carbocycles. The number of hydrogen-bond acceptors (Lipinski definition) is 2. The van der Waals surface area contributed by atoms with Gasteiger partial charge in [-0.25, -0.2) is 0 Å². The number of aromatic nitrogens is 2. The molecule has 94 valence electrons. The summed E-state index contributed by atoms with van der Waals surface area (Å²) in [6.45, 7) is 3.26. The lowest BCUT2D eigenvalue weighted by Gasteiger charge is -2.22. The highest BCUT2D eigenvalue weighted by atomic mass is 15.3. The third-order valence-corrected chi connectivity index (χ3v) is 4.88. The standard InChI is InChI=1S/C14H23N3/c1-10-13(9-16-17(10)2)5-6-15-14-8-11-3-4-12(14)7-11/h9,11-12,14-15H,3-8H2,1-2H3. The average molecular weight is 233 g/mol. The molecule has 1 aromatic heterocycles. The third-order valence-electron chi connectivity index (χ3n) is 4.88. The van der Waals surface area contributed by atoms with Crippen molar-refractivity contribution in [2.75, 3.05) is 6.54 Å². The molecule has 0 spiro atoms. The SMILES string of the molecule is Cc1c(CCNC2CC3CCC2C3)cnn1C. The predicted octanol–water partition coefficient (Wildman–Crippen LogP) is 2.05. The van der Waals surface area contributed by atoms with E-state index >= 15 is 0 Å². The Morgan fingerprint density at radius 1 is 1.41 bits per heavy atom. The lowest BCUT2D eigenvalue weighted by atomic mass is 9.95. The number of fused-ring (bicyclic) bond motifs is 2. The smallest absolute Gasteiger partial charge is 0.0524 e. The fourth-order valence-corrected chi connectivity index (χ4v) is 3.68. The summed E-state index contributed by atoms with van der Waals surface area (Å²) in [5, 5.41) is 8.05. The summed E-state index contributed by atoms with van der Waals surface area (Å²) in [5.41, 5.74) is 2.70. The van der Waals surface area contributed by atoms with Crippen molar-refractivity contribution in [3.8, 4) is 0 Å². The number of hydrogen-bond donors (Lipinski definition) is 1. The Balaban J connectivity index is 1.48. The van der Waals surface area contributed by atoms with E-state index in [1.165, 1.54) is 36.9 Å². The first-order chi connectivity index (χ1) is 8.24. The molecule has 1 heterocycles. The van der Waals surface area contributed by atoms with Gasteiger partial charge in [-0.1, -0.05) is 6.42 Å². The zero-order valence-electron chi connectivity index (χ0n) is 10.9. The van der Waals surface area contributed by atoms with E-state index in [0.717, 1.165) is 30.8 Å². The largest absolute Gasteiger partial charge is 0.313 e. The molecule has 2 aliphatic carbocycles. The van der Waals surface area contributed by atoms with Gasteiger partial charge in [-0.05, 0) is 56.6 Å². The summed E-state index contributed by atoms with van der Waals surface area (Å²) in [6.07, 6.45) is 9.00. The second-order valence-corrected chi connectivity index (χ2v) is 5.86. The van der Waals surface area contributed by atoms with Crippen LogP contribution in [-0.4, -0.2) is 22.4 Å². The monoisotopic (exact) mass is 233 g/mol. The molecule has 2 bridgehead atoms. The highest BCUT2D eigenvalue weighted by molar-refractivity contribution is 5.16. The van der Waals surface area contributed by atoms with Crippen LogP contribution in [0.3, 0.4) is 0 Å². The Morgan fingerprint density at radius 3 is 2.88 bits per heavy atom. The molecule has 2 saturated carbocycles. The summed E-state index contributed by atoms with van der Waals surface area (Å²) in [6, 6.07) is 0.811. The normalized spacial score (nSPS) is 31.3. The highest BCUT2D eigenvalue weighted by Gasteiger charge is 2.38. The van der Waals surface area contributed by atoms with E-state index in [9.17, 15) is 0 Å². The van der Waals surface area contributed by atoms with Crippen molar-refractivity contribution in [1.29, 1.82) is 0 Å². The van der Waals surface area contributed by atoms with Gasteiger partial charge in [-0.2, -0.15) is 5.10 Å². The lowest BCUT2D eigenvalue weighted by molar-refractivity contribution is 0.354. The maximum absolute atomic E-state index is 4.29. The fourth-order valence-electron chi connectivity index (χ4n) is 3.68. The van der Waals surface area contributed by atoms with Crippen LogP contribution in [0.15, 0.2) is 6.20 Å². The quantitative estimate of drug-likeness (QED) is 0.862. The van der Waals surface area contributed by atoms with Gasteiger partial charge in [0.15, 0.2) is 0 Å². The summed E-state index contributed by atoms with van der Waals surface area (Å²) < 4.78 is 1.97. The van der Waals surface area contributed by atoms with Crippen molar-refractivity contribution in [1.82, 2.24) is 15.1 Å². The van der Waals surface area contributed by atoms with Crippen LogP contribution in [0.1, 0.15) is 36.9 Å². The molecule has 3 atom stereocenters. The van der Waals surface area contributed by atoms with E-state index in [4.69, 9.17) is 0 Å². The van der Waals surface area contributed by atoms with Crippen LogP contribution in [0.25, 0.3) is 0 Å². The highest BCUT2D eigenvalue weighted by Crippen LogP contribution is 2.44. The van der Waals surface area contributed by atoms with Gasteiger partial charge in [0.2, 0.25) is 0 Å². The second-order valence-electron chi connectivity index (χ2n) is 5.86. The minimum Gasteiger partial charge on any atom is -0.313 e. The molecular formula is C14H23N3. The molecule has 0 aliphatic heterocycles. The van der Waals surface area contributed by atoms with Crippen LogP contribution in [0.5, 0.6) is 0 Å². The number of nitrogens with one attached hydrogen (secondary N) is 1. The van der Waals surface area contributed by atoms with Gasteiger partial charge >= 0.3 is 0 Å². The predicted molar refractivity (Wildman–Crippen MR) is 68.9 cm³/mol. The number of aryl methyl sites for hydroxylation is 1. The molecule has 3 nitrogen and oxygen atoms in total. The average Bonchev–Trinajstić information content (AvgIpc) is 3.00. The van der Waals surface area contributed by atoms with E-state index in [0.29, 0.717) is 0 Å². The van der Waals surface area contributed by atoms with Crippen LogP contribution in [0.4, 0.5) is 0 Å². The Morgan fingerprint density at radius 2 is 2.29 bits per heavy atom. The molecule has 1 N–H and O–H groups in total. The summed E-state index contributed by atoms with van der Waals surface area (Å²) in [7, 11) is 2.02. The minimum atomic E-state index is 0.811. The molecule has 3 heteroatoms. The van der Waals surface area contributed by atoms with Crippen molar-refractivity contribution in [2.45, 2.75) is 45.1 Å². The Hall–Kier alpha value is -0.830. The van der Waals surface area contributed by atoms with E-state index in [1.807, 2.05) is 17.9 Å². The van der Waals surface area contributed by atoms with E-state index in [2.05, 4.69) is 17.3 Å². The lowest BCUT2D eigenvalue weighted by Crippen LogP contribution is -2.35. The molecule has 0 amide bonds. The van der Waals surface area contributed by atoms with Gasteiger partial charge in [-0.15, -0.1) is 0 Å². The number of rotatable bonds is 4. The zero-order chi connectivity index (χ0) is 11.8. The Bertz CT molecular complexity index is 396. The molecule has 17 heavy (non-hydrogen) atoms. The van der Waals surface area contributed by atoms with Crippen LogP contribution in [0, 0.1) is 18.8 Å². The van der Waals surface area contributed by atoms with E-state index in [-0.39, 0.29) is 0 Å². The molecule has 3 unspecified atom stereocenters. The number of nitrogens with zero attached hydrogens (tertiary/aromatic N) is 2. The first kappa shape index (κ1) is 11.3. The Labute approximate surface area is 104 Å². The first-order valence-electron chi connectivity index (χ1n) is 6.95. The molecular weight excluding hydrogens is 210 g/mol. The Kier molecular flexibility index (Phi) is 2.95. The van der Waals surface area contributed by atoms with Gasteiger partial charge < -0.3 is 5.32 Å². The van der Waals surface area contributed by atoms with Crippen LogP contribution >= 0.6 is 0 Å². The summed E-state index contributed by atoms with van der Waals surface area (Å²) in [4.78, 5) is 0. The van der Waals surface area contributed by atoms with Crippen molar-refractivity contribution >= 4 is 0 Å². The second kappa shape index (κ2) is 4.45. The molecule has 3 rings (SSSR count). The van der Waals surface area contributed by atoms with E-state index < -0.39 is 0 Å². The van der Waals surface area contributed by atoms with Gasteiger partial charge in [0, 0.05) is 18.8 Å². The maximum Gasteiger partial charge on any atom is 0.0524 e. The van der Waals surface area contributed by atoms with Crippen LogP contribution in [0.2, 0.25) is 0 Å². The fraction of sp³-hybridized carbons (Fsp3) is 0.786. The topological polar surface area (TPSA) is 29.9 Å². The van der Waals surface area contributed by atoms with Crippen molar-refractivity contribution in [2.24, 2.45) is 18.9 Å². The first-order valence-corrected chi connectivity index (χ1v) is 6.95. The molecule has 0 saturated heterocycles. The minimum absolute atomic E-state index is 0.811.